The van der Waals surface area contributed by atoms with Gasteiger partial charge in [0.2, 0.25) is 5.88 Å². The van der Waals surface area contributed by atoms with Crippen LogP contribution in [0.25, 0.3) is 22.0 Å². The quantitative estimate of drug-likeness (QED) is 0.251. The van der Waals surface area contributed by atoms with Crippen LogP contribution in [0, 0.1) is 17.0 Å². The van der Waals surface area contributed by atoms with Crippen molar-refractivity contribution in [2.45, 2.75) is 11.8 Å². The summed E-state index contributed by atoms with van der Waals surface area (Å²) in [5.41, 5.74) is 0.297. The first kappa shape index (κ1) is 24.7. The molecule has 3 heterocycles. The van der Waals surface area contributed by atoms with Gasteiger partial charge in [-0.05, 0) is 49.4 Å². The van der Waals surface area contributed by atoms with Gasteiger partial charge < -0.3 is 14.4 Å². The second-order valence-electron chi connectivity index (χ2n) is 8.55. The maximum Gasteiger partial charge on any atom is 0.288 e. The first-order chi connectivity index (χ1) is 18.1. The van der Waals surface area contributed by atoms with Gasteiger partial charge >= 0.3 is 0 Å². The number of fused-ring (bicyclic) bond motifs is 1. The molecule has 5 aromatic rings. The predicted octanol–water partition coefficient (Wildman–Crippen LogP) is 4.35. The molecular formula is C26H20N4O7S. The van der Waals surface area contributed by atoms with Crippen molar-refractivity contribution < 1.29 is 23.2 Å². The van der Waals surface area contributed by atoms with Crippen molar-refractivity contribution in [1.82, 2.24) is 13.5 Å². The molecule has 0 unspecified atom stereocenters. The Morgan fingerprint density at radius 3 is 2.37 bits per heavy atom. The maximum absolute atomic E-state index is 13.5. The van der Waals surface area contributed by atoms with Gasteiger partial charge in [0.1, 0.15) is 23.2 Å². The van der Waals surface area contributed by atoms with Crippen molar-refractivity contribution in [2.24, 2.45) is 7.05 Å². The summed E-state index contributed by atoms with van der Waals surface area (Å²) in [7, 11) is -2.69. The molecule has 0 saturated carbocycles. The highest BCUT2D eigenvalue weighted by Crippen LogP contribution is 2.38. The standard InChI is InChI=1S/C26H20N4O7S/c1-16-3-9-20(10-4-16)38(35,36)29-12-11-21-23(15-28(2)26(32)24(21)29)22-13-17(30(33)34)14-27-25(22)37-19-7-5-18(31)6-8-19/h3-15,31H,1-2H3. The van der Waals surface area contributed by atoms with Crippen LogP contribution >= 0.6 is 0 Å². The summed E-state index contributed by atoms with van der Waals surface area (Å²) in [4.78, 5) is 28.3. The van der Waals surface area contributed by atoms with Gasteiger partial charge in [-0.1, -0.05) is 17.7 Å². The Labute approximate surface area is 216 Å². The van der Waals surface area contributed by atoms with E-state index in [1.807, 2.05) is 6.92 Å². The molecule has 2 aromatic carbocycles. The minimum atomic E-state index is -4.14. The van der Waals surface area contributed by atoms with E-state index < -0.39 is 20.5 Å². The van der Waals surface area contributed by atoms with Crippen LogP contribution in [0.2, 0.25) is 0 Å². The molecule has 0 aliphatic rings. The number of benzene rings is 2. The fourth-order valence-corrected chi connectivity index (χ4v) is 5.35. The molecule has 0 aliphatic carbocycles. The number of hydrogen-bond acceptors (Lipinski definition) is 8. The summed E-state index contributed by atoms with van der Waals surface area (Å²) in [5, 5.41) is 21.4. The average Bonchev–Trinajstić information content (AvgIpc) is 3.34. The number of aromatic nitrogens is 3. The Morgan fingerprint density at radius 1 is 1.03 bits per heavy atom. The van der Waals surface area contributed by atoms with Crippen LogP contribution in [0.4, 0.5) is 5.69 Å². The van der Waals surface area contributed by atoms with E-state index in [9.17, 15) is 28.4 Å². The fraction of sp³-hybridized carbons (Fsp3) is 0.0769. The molecule has 0 radical (unpaired) electrons. The zero-order chi connectivity index (χ0) is 27.2. The van der Waals surface area contributed by atoms with Crippen molar-refractivity contribution in [3.63, 3.8) is 0 Å². The SMILES string of the molecule is Cc1ccc(S(=O)(=O)n2ccc3c(-c4cc([N+](=O)[O-])cnc4Oc4ccc(O)cc4)cn(C)c(=O)c32)cc1. The Hall–Kier alpha value is -4.97. The molecule has 0 aliphatic heterocycles. The number of rotatable bonds is 6. The predicted molar refractivity (Wildman–Crippen MR) is 139 cm³/mol. The number of hydrogen-bond donors (Lipinski definition) is 1. The van der Waals surface area contributed by atoms with Gasteiger partial charge in [0.25, 0.3) is 21.3 Å². The number of aromatic hydroxyl groups is 1. The second kappa shape index (κ2) is 9.16. The number of aryl methyl sites for hydroxylation is 2. The highest BCUT2D eigenvalue weighted by molar-refractivity contribution is 7.90. The Bertz CT molecular complexity index is 1870. The van der Waals surface area contributed by atoms with Crippen LogP contribution in [0.15, 0.2) is 88.9 Å². The van der Waals surface area contributed by atoms with Gasteiger partial charge in [-0.15, -0.1) is 0 Å². The molecule has 12 heteroatoms. The molecule has 11 nitrogen and oxygen atoms in total. The minimum Gasteiger partial charge on any atom is -0.508 e. The first-order valence-corrected chi connectivity index (χ1v) is 12.6. The number of pyridine rings is 2. The molecule has 0 fully saturated rings. The number of nitro groups is 1. The lowest BCUT2D eigenvalue weighted by Crippen LogP contribution is -2.22. The summed E-state index contributed by atoms with van der Waals surface area (Å²) in [6, 6.07) is 14.7. The molecule has 0 bridgehead atoms. The number of nitrogens with zero attached hydrogens (tertiary/aromatic N) is 4. The van der Waals surface area contributed by atoms with E-state index in [0.29, 0.717) is 11.3 Å². The second-order valence-corrected chi connectivity index (χ2v) is 10.4. The van der Waals surface area contributed by atoms with Gasteiger partial charge in [0.05, 0.1) is 15.4 Å². The smallest absolute Gasteiger partial charge is 0.288 e. The van der Waals surface area contributed by atoms with E-state index in [-0.39, 0.29) is 38.7 Å². The topological polar surface area (TPSA) is 147 Å². The van der Waals surface area contributed by atoms with Crippen molar-refractivity contribution >= 4 is 26.6 Å². The monoisotopic (exact) mass is 532 g/mol. The van der Waals surface area contributed by atoms with E-state index >= 15 is 0 Å². The first-order valence-electron chi connectivity index (χ1n) is 11.2. The molecule has 0 amide bonds. The number of phenols is 1. The number of phenolic OH excluding ortho intramolecular Hbond substituents is 1. The summed E-state index contributed by atoms with van der Waals surface area (Å²) in [5.74, 6) is 0.298. The molecule has 192 valence electrons. The van der Waals surface area contributed by atoms with Crippen molar-refractivity contribution in [3.05, 3.63) is 105 Å². The van der Waals surface area contributed by atoms with Crippen LogP contribution in [0.1, 0.15) is 5.56 Å². The van der Waals surface area contributed by atoms with Crippen molar-refractivity contribution in [3.8, 4) is 28.5 Å². The summed E-state index contributed by atoms with van der Waals surface area (Å²) < 4.78 is 34.9. The maximum atomic E-state index is 13.5. The third kappa shape index (κ3) is 4.26. The van der Waals surface area contributed by atoms with Crippen LogP contribution in [0.5, 0.6) is 17.4 Å². The Balaban J connectivity index is 1.75. The average molecular weight is 533 g/mol. The van der Waals surface area contributed by atoms with E-state index in [0.717, 1.165) is 15.7 Å². The zero-order valence-corrected chi connectivity index (χ0v) is 20.9. The molecule has 38 heavy (non-hydrogen) atoms. The fourth-order valence-electron chi connectivity index (χ4n) is 4.01. The van der Waals surface area contributed by atoms with Crippen LogP contribution < -0.4 is 10.3 Å². The molecule has 5 rings (SSSR count). The lowest BCUT2D eigenvalue weighted by Gasteiger charge is -2.13. The van der Waals surface area contributed by atoms with E-state index in [2.05, 4.69) is 4.98 Å². The van der Waals surface area contributed by atoms with Crippen LogP contribution in [-0.4, -0.2) is 32.0 Å². The van der Waals surface area contributed by atoms with Crippen LogP contribution in [-0.2, 0) is 17.1 Å². The van der Waals surface area contributed by atoms with Crippen molar-refractivity contribution in [2.75, 3.05) is 0 Å². The van der Waals surface area contributed by atoms with Crippen molar-refractivity contribution in [1.29, 1.82) is 0 Å². The summed E-state index contributed by atoms with van der Waals surface area (Å²) in [6.45, 7) is 1.83. The van der Waals surface area contributed by atoms with Gasteiger partial charge in [-0.25, -0.2) is 17.4 Å². The van der Waals surface area contributed by atoms with E-state index in [1.54, 1.807) is 12.1 Å². The molecule has 3 aromatic heterocycles. The van der Waals surface area contributed by atoms with E-state index in [1.165, 1.54) is 72.5 Å². The normalized spacial score (nSPS) is 11.5. The summed E-state index contributed by atoms with van der Waals surface area (Å²) >= 11 is 0. The van der Waals surface area contributed by atoms with Gasteiger partial charge in [0, 0.05) is 36.5 Å². The molecule has 0 spiro atoms. The molecular weight excluding hydrogens is 512 g/mol. The molecule has 0 saturated heterocycles. The minimum absolute atomic E-state index is 0.00132. The lowest BCUT2D eigenvalue weighted by molar-refractivity contribution is -0.385. The Morgan fingerprint density at radius 2 is 1.71 bits per heavy atom. The molecule has 0 atom stereocenters. The number of ether oxygens (including phenoxy) is 1. The largest absolute Gasteiger partial charge is 0.508 e. The third-order valence-corrected chi connectivity index (χ3v) is 7.64. The highest BCUT2D eigenvalue weighted by atomic mass is 32.2. The van der Waals surface area contributed by atoms with Gasteiger partial charge in [-0.2, -0.15) is 0 Å². The third-order valence-electron chi connectivity index (χ3n) is 5.95. The zero-order valence-electron chi connectivity index (χ0n) is 20.1. The summed E-state index contributed by atoms with van der Waals surface area (Å²) in [6.07, 6.45) is 3.75. The lowest BCUT2D eigenvalue weighted by atomic mass is 10.0. The van der Waals surface area contributed by atoms with Crippen LogP contribution in [0.3, 0.4) is 0 Å². The van der Waals surface area contributed by atoms with E-state index in [4.69, 9.17) is 4.74 Å². The highest BCUT2D eigenvalue weighted by Gasteiger charge is 2.25. The Kier molecular flexibility index (Phi) is 5.96. The molecule has 1 N–H and O–H groups in total. The van der Waals surface area contributed by atoms with Gasteiger partial charge in [0.15, 0.2) is 0 Å². The van der Waals surface area contributed by atoms with Gasteiger partial charge in [-0.3, -0.25) is 14.9 Å².